The van der Waals surface area contributed by atoms with E-state index in [1.807, 2.05) is 12.4 Å². The summed E-state index contributed by atoms with van der Waals surface area (Å²) in [5, 5.41) is 5.99. The molecule has 3 aromatic rings. The fraction of sp³-hybridized carbons (Fsp3) is 0.167. The molecule has 0 aliphatic rings. The van der Waals surface area contributed by atoms with E-state index >= 15 is 0 Å². The van der Waals surface area contributed by atoms with E-state index in [9.17, 15) is 0 Å². The highest BCUT2D eigenvalue weighted by Gasteiger charge is 2.06. The Bertz CT molecular complexity index is 732. The lowest BCUT2D eigenvalue weighted by Gasteiger charge is -2.17. The highest BCUT2D eigenvalue weighted by Crippen LogP contribution is 2.23. The van der Waals surface area contributed by atoms with Crippen molar-refractivity contribution < 1.29 is 0 Å². The Morgan fingerprint density at radius 1 is 1.10 bits per heavy atom. The molecule has 1 aromatic heterocycles. The highest BCUT2D eigenvalue weighted by molar-refractivity contribution is 9.10. The summed E-state index contributed by atoms with van der Waals surface area (Å²) < 4.78 is 1.12. The summed E-state index contributed by atoms with van der Waals surface area (Å²) in [6.07, 6.45) is 4.74. The third-order valence-electron chi connectivity index (χ3n) is 3.54. The van der Waals surface area contributed by atoms with Gasteiger partial charge in [0.2, 0.25) is 0 Å². The van der Waals surface area contributed by atoms with Crippen LogP contribution in [-0.2, 0) is 6.42 Å². The number of fused-ring (bicyclic) bond motifs is 1. The topological polar surface area (TPSA) is 24.9 Å². The monoisotopic (exact) mass is 340 g/mol. The summed E-state index contributed by atoms with van der Waals surface area (Å²) in [6, 6.07) is 17.2. The zero-order valence-corrected chi connectivity index (χ0v) is 13.5. The van der Waals surface area contributed by atoms with E-state index in [1.54, 1.807) is 0 Å². The lowest BCUT2D eigenvalue weighted by atomic mass is 10.1. The molecule has 3 heteroatoms. The van der Waals surface area contributed by atoms with Crippen LogP contribution in [0.25, 0.3) is 10.8 Å². The standard InChI is InChI=1S/C18H17BrN2/c1-13(11-14-5-7-16(19)8-6-14)21-18-4-2-3-15-12-20-10-9-17(15)18/h2-10,12-13,21H,11H2,1H3. The van der Waals surface area contributed by atoms with Gasteiger partial charge in [-0.2, -0.15) is 0 Å². The van der Waals surface area contributed by atoms with Gasteiger partial charge in [-0.3, -0.25) is 4.98 Å². The molecule has 3 rings (SSSR count). The average Bonchev–Trinajstić information content (AvgIpc) is 2.50. The van der Waals surface area contributed by atoms with Crippen molar-refractivity contribution in [3.8, 4) is 0 Å². The van der Waals surface area contributed by atoms with Gasteiger partial charge >= 0.3 is 0 Å². The van der Waals surface area contributed by atoms with Gasteiger partial charge in [0, 0.05) is 39.4 Å². The summed E-state index contributed by atoms with van der Waals surface area (Å²) in [5.41, 5.74) is 2.50. The number of aromatic nitrogens is 1. The number of benzene rings is 2. The maximum absolute atomic E-state index is 4.18. The maximum atomic E-state index is 4.18. The number of halogens is 1. The molecule has 0 aliphatic heterocycles. The Balaban J connectivity index is 1.77. The normalized spacial score (nSPS) is 12.3. The van der Waals surface area contributed by atoms with Crippen molar-refractivity contribution in [1.82, 2.24) is 4.98 Å². The molecule has 21 heavy (non-hydrogen) atoms. The van der Waals surface area contributed by atoms with Crippen LogP contribution in [0.2, 0.25) is 0 Å². The highest BCUT2D eigenvalue weighted by atomic mass is 79.9. The lowest BCUT2D eigenvalue weighted by Crippen LogP contribution is -2.18. The van der Waals surface area contributed by atoms with Crippen LogP contribution < -0.4 is 5.32 Å². The number of hydrogen-bond acceptors (Lipinski definition) is 2. The van der Waals surface area contributed by atoms with Gasteiger partial charge in [-0.25, -0.2) is 0 Å². The van der Waals surface area contributed by atoms with Gasteiger partial charge in [0.05, 0.1) is 0 Å². The van der Waals surface area contributed by atoms with Gasteiger partial charge in [0.1, 0.15) is 0 Å². The molecule has 0 spiro atoms. The van der Waals surface area contributed by atoms with Crippen LogP contribution >= 0.6 is 15.9 Å². The first-order chi connectivity index (χ1) is 10.2. The quantitative estimate of drug-likeness (QED) is 0.719. The molecule has 0 radical (unpaired) electrons. The second kappa shape index (κ2) is 6.27. The number of rotatable bonds is 4. The van der Waals surface area contributed by atoms with E-state index in [4.69, 9.17) is 0 Å². The Morgan fingerprint density at radius 3 is 2.71 bits per heavy atom. The van der Waals surface area contributed by atoms with E-state index in [1.165, 1.54) is 22.0 Å². The summed E-state index contributed by atoms with van der Waals surface area (Å²) >= 11 is 3.47. The van der Waals surface area contributed by atoms with Crippen molar-refractivity contribution in [3.63, 3.8) is 0 Å². The van der Waals surface area contributed by atoms with Crippen LogP contribution in [0.15, 0.2) is 65.4 Å². The number of anilines is 1. The van der Waals surface area contributed by atoms with Crippen molar-refractivity contribution in [1.29, 1.82) is 0 Å². The second-order valence-electron chi connectivity index (χ2n) is 5.28. The van der Waals surface area contributed by atoms with Crippen LogP contribution in [0.1, 0.15) is 12.5 Å². The van der Waals surface area contributed by atoms with Gasteiger partial charge < -0.3 is 5.32 Å². The average molecular weight is 341 g/mol. The molecule has 2 aromatic carbocycles. The first-order valence-electron chi connectivity index (χ1n) is 7.06. The fourth-order valence-electron chi connectivity index (χ4n) is 2.54. The summed E-state index contributed by atoms with van der Waals surface area (Å²) in [7, 11) is 0. The van der Waals surface area contributed by atoms with E-state index in [0.29, 0.717) is 6.04 Å². The molecule has 0 bridgehead atoms. The van der Waals surface area contributed by atoms with Gasteiger partial charge in [0.15, 0.2) is 0 Å². The molecule has 1 atom stereocenters. The van der Waals surface area contributed by atoms with Crippen LogP contribution in [0.3, 0.4) is 0 Å². The zero-order chi connectivity index (χ0) is 14.7. The van der Waals surface area contributed by atoms with Gasteiger partial charge in [-0.15, -0.1) is 0 Å². The van der Waals surface area contributed by atoms with E-state index in [0.717, 1.165) is 10.9 Å². The predicted octanol–water partition coefficient (Wildman–Crippen LogP) is 5.04. The molecule has 1 unspecified atom stereocenters. The molecule has 0 aliphatic carbocycles. The summed E-state index contributed by atoms with van der Waals surface area (Å²) in [6.45, 7) is 2.21. The van der Waals surface area contributed by atoms with E-state index in [2.05, 4.69) is 81.7 Å². The van der Waals surface area contributed by atoms with Gasteiger partial charge in [-0.1, -0.05) is 40.2 Å². The van der Waals surface area contributed by atoms with Gasteiger partial charge in [-0.05, 0) is 43.2 Å². The molecule has 1 heterocycles. The van der Waals surface area contributed by atoms with Crippen molar-refractivity contribution in [3.05, 3.63) is 71.0 Å². The lowest BCUT2D eigenvalue weighted by molar-refractivity contribution is 0.791. The molecule has 0 saturated carbocycles. The third kappa shape index (κ3) is 3.42. The molecular formula is C18H17BrN2. The SMILES string of the molecule is CC(Cc1ccc(Br)cc1)Nc1cccc2cnccc12. The van der Waals surface area contributed by atoms with Crippen molar-refractivity contribution in [2.45, 2.75) is 19.4 Å². The Morgan fingerprint density at radius 2 is 1.90 bits per heavy atom. The van der Waals surface area contributed by atoms with Crippen LogP contribution in [-0.4, -0.2) is 11.0 Å². The number of pyridine rings is 1. The summed E-state index contributed by atoms with van der Waals surface area (Å²) in [5.74, 6) is 0. The Kier molecular flexibility index (Phi) is 4.20. The number of nitrogens with one attached hydrogen (secondary N) is 1. The minimum Gasteiger partial charge on any atom is -0.382 e. The first-order valence-corrected chi connectivity index (χ1v) is 7.85. The zero-order valence-electron chi connectivity index (χ0n) is 11.9. The number of nitrogens with zero attached hydrogens (tertiary/aromatic N) is 1. The Labute approximate surface area is 133 Å². The fourth-order valence-corrected chi connectivity index (χ4v) is 2.80. The molecule has 1 N–H and O–H groups in total. The largest absolute Gasteiger partial charge is 0.382 e. The molecule has 2 nitrogen and oxygen atoms in total. The first kappa shape index (κ1) is 14.1. The minimum absolute atomic E-state index is 0.366. The molecule has 0 amide bonds. The van der Waals surface area contributed by atoms with Crippen LogP contribution in [0, 0.1) is 0 Å². The minimum atomic E-state index is 0.366. The summed E-state index contributed by atoms with van der Waals surface area (Å²) in [4.78, 5) is 4.18. The molecular weight excluding hydrogens is 324 g/mol. The van der Waals surface area contributed by atoms with Crippen molar-refractivity contribution in [2.75, 3.05) is 5.32 Å². The molecule has 106 valence electrons. The van der Waals surface area contributed by atoms with Crippen molar-refractivity contribution >= 4 is 32.4 Å². The van der Waals surface area contributed by atoms with Crippen molar-refractivity contribution in [2.24, 2.45) is 0 Å². The molecule has 0 saturated heterocycles. The molecule has 0 fully saturated rings. The van der Waals surface area contributed by atoms with Gasteiger partial charge in [0.25, 0.3) is 0 Å². The Hall–Kier alpha value is -1.87. The third-order valence-corrected chi connectivity index (χ3v) is 4.07. The maximum Gasteiger partial charge on any atom is 0.0423 e. The number of hydrogen-bond donors (Lipinski definition) is 1. The second-order valence-corrected chi connectivity index (χ2v) is 6.19. The van der Waals surface area contributed by atoms with E-state index in [-0.39, 0.29) is 0 Å². The van der Waals surface area contributed by atoms with E-state index < -0.39 is 0 Å². The smallest absolute Gasteiger partial charge is 0.0423 e. The van der Waals surface area contributed by atoms with Crippen LogP contribution in [0.4, 0.5) is 5.69 Å². The van der Waals surface area contributed by atoms with Crippen LogP contribution in [0.5, 0.6) is 0 Å². The predicted molar refractivity (Wildman–Crippen MR) is 92.7 cm³/mol.